The first-order valence-corrected chi connectivity index (χ1v) is 7.61. The van der Waals surface area contributed by atoms with E-state index in [1.165, 1.54) is 4.88 Å². The number of nitrogens with one attached hydrogen (secondary N) is 2. The third kappa shape index (κ3) is 2.75. The van der Waals surface area contributed by atoms with Crippen molar-refractivity contribution in [2.24, 2.45) is 5.41 Å². The molecule has 0 radical (unpaired) electrons. The van der Waals surface area contributed by atoms with Crippen LogP contribution in [-0.2, 0) is 4.79 Å². The third-order valence-corrected chi connectivity index (χ3v) is 5.00. The maximum absolute atomic E-state index is 12.5. The van der Waals surface area contributed by atoms with E-state index in [1.807, 2.05) is 6.07 Å². The smallest absolute Gasteiger partial charge is 0.227 e. The van der Waals surface area contributed by atoms with Gasteiger partial charge in [-0.15, -0.1) is 11.3 Å². The molecule has 2 heterocycles. The van der Waals surface area contributed by atoms with Gasteiger partial charge in [0.2, 0.25) is 5.91 Å². The largest absolute Gasteiger partial charge is 0.348 e. The Hall–Kier alpha value is -0.870. The van der Waals surface area contributed by atoms with Gasteiger partial charge in [-0.1, -0.05) is 13.0 Å². The summed E-state index contributed by atoms with van der Waals surface area (Å²) in [5.41, 5.74) is -0.205. The lowest BCUT2D eigenvalue weighted by molar-refractivity contribution is -0.133. The first-order chi connectivity index (χ1) is 8.68. The average molecular weight is 266 g/mol. The molecule has 0 bridgehead atoms. The van der Waals surface area contributed by atoms with Crippen LogP contribution in [0, 0.1) is 5.41 Å². The second-order valence-corrected chi connectivity index (χ2v) is 6.10. The average Bonchev–Trinajstić information content (AvgIpc) is 2.93. The lowest BCUT2D eigenvalue weighted by atomic mass is 9.77. The summed E-state index contributed by atoms with van der Waals surface area (Å²) in [7, 11) is 0. The Morgan fingerprint density at radius 3 is 3.06 bits per heavy atom. The molecule has 1 aliphatic rings. The highest BCUT2D eigenvalue weighted by atomic mass is 32.1. The van der Waals surface area contributed by atoms with Gasteiger partial charge >= 0.3 is 0 Å². The van der Waals surface area contributed by atoms with E-state index >= 15 is 0 Å². The summed E-state index contributed by atoms with van der Waals surface area (Å²) in [5.74, 6) is 0.207. The molecule has 4 heteroatoms. The number of hydrogen-bond donors (Lipinski definition) is 2. The van der Waals surface area contributed by atoms with Crippen molar-refractivity contribution in [3.05, 3.63) is 22.4 Å². The zero-order chi connectivity index (χ0) is 13.0. The standard InChI is InChI=1S/C14H22N2OS/c1-3-14(7-5-8-15-10-14)13(17)16-11(2)12-6-4-9-18-12/h4,6,9,11,15H,3,5,7-8,10H2,1-2H3,(H,16,17)/t11-,14?/m0/s1. The van der Waals surface area contributed by atoms with Crippen LogP contribution in [0.2, 0.25) is 0 Å². The van der Waals surface area contributed by atoms with Crippen molar-refractivity contribution in [2.45, 2.75) is 39.2 Å². The Kier molecular flexibility index (Phi) is 4.40. The molecule has 2 N–H and O–H groups in total. The van der Waals surface area contributed by atoms with E-state index in [2.05, 4.69) is 35.9 Å². The summed E-state index contributed by atoms with van der Waals surface area (Å²) < 4.78 is 0. The number of carbonyl (C=O) groups excluding carboxylic acids is 1. The summed E-state index contributed by atoms with van der Waals surface area (Å²) >= 11 is 1.70. The predicted molar refractivity (Wildman–Crippen MR) is 75.7 cm³/mol. The van der Waals surface area contributed by atoms with Gasteiger partial charge in [0.1, 0.15) is 0 Å². The minimum Gasteiger partial charge on any atom is -0.348 e. The Bertz CT molecular complexity index is 383. The first-order valence-electron chi connectivity index (χ1n) is 6.73. The van der Waals surface area contributed by atoms with Gasteiger partial charge in [-0.25, -0.2) is 0 Å². The van der Waals surface area contributed by atoms with Gasteiger partial charge in [-0.05, 0) is 44.2 Å². The molecular weight excluding hydrogens is 244 g/mol. The van der Waals surface area contributed by atoms with Crippen molar-refractivity contribution in [3.8, 4) is 0 Å². The number of thiophene rings is 1. The van der Waals surface area contributed by atoms with Crippen LogP contribution in [0.25, 0.3) is 0 Å². The SMILES string of the molecule is CCC1(C(=O)N[C@@H](C)c2cccs2)CCCNC1. The van der Waals surface area contributed by atoms with Gasteiger partial charge < -0.3 is 10.6 Å². The van der Waals surface area contributed by atoms with E-state index in [0.717, 1.165) is 32.4 Å². The summed E-state index contributed by atoms with van der Waals surface area (Å²) in [6.45, 7) is 6.02. The van der Waals surface area contributed by atoms with Gasteiger partial charge in [-0.3, -0.25) is 4.79 Å². The molecule has 2 atom stereocenters. The molecule has 2 rings (SSSR count). The third-order valence-electron chi connectivity index (χ3n) is 3.95. The highest BCUT2D eigenvalue weighted by Crippen LogP contribution is 2.31. The van der Waals surface area contributed by atoms with Crippen LogP contribution in [0.1, 0.15) is 44.0 Å². The molecule has 0 saturated carbocycles. The van der Waals surface area contributed by atoms with Crippen molar-refractivity contribution in [2.75, 3.05) is 13.1 Å². The topological polar surface area (TPSA) is 41.1 Å². The Morgan fingerprint density at radius 1 is 1.67 bits per heavy atom. The van der Waals surface area contributed by atoms with Crippen molar-refractivity contribution in [1.82, 2.24) is 10.6 Å². The molecule has 3 nitrogen and oxygen atoms in total. The molecule has 0 spiro atoms. The van der Waals surface area contributed by atoms with Crippen LogP contribution in [0.5, 0.6) is 0 Å². The molecule has 1 aromatic heterocycles. The Morgan fingerprint density at radius 2 is 2.50 bits per heavy atom. The van der Waals surface area contributed by atoms with Crippen LogP contribution < -0.4 is 10.6 Å². The van der Waals surface area contributed by atoms with E-state index in [4.69, 9.17) is 0 Å². The maximum Gasteiger partial charge on any atom is 0.227 e. The molecule has 1 unspecified atom stereocenters. The van der Waals surface area contributed by atoms with Crippen LogP contribution in [0.15, 0.2) is 17.5 Å². The van der Waals surface area contributed by atoms with Gasteiger partial charge in [-0.2, -0.15) is 0 Å². The number of carbonyl (C=O) groups is 1. The quantitative estimate of drug-likeness (QED) is 0.880. The van der Waals surface area contributed by atoms with Gasteiger partial charge in [0, 0.05) is 11.4 Å². The predicted octanol–water partition coefficient (Wildman–Crippen LogP) is 2.71. The number of amides is 1. The lowest BCUT2D eigenvalue weighted by Gasteiger charge is -2.36. The van der Waals surface area contributed by atoms with Crippen molar-refractivity contribution in [1.29, 1.82) is 0 Å². The number of hydrogen-bond acceptors (Lipinski definition) is 3. The zero-order valence-electron chi connectivity index (χ0n) is 11.2. The van der Waals surface area contributed by atoms with Crippen molar-refractivity contribution < 1.29 is 4.79 Å². The fourth-order valence-electron chi connectivity index (χ4n) is 2.58. The molecule has 100 valence electrons. The number of piperidine rings is 1. The minimum atomic E-state index is -0.205. The van der Waals surface area contributed by atoms with Gasteiger partial charge in [0.05, 0.1) is 11.5 Å². The van der Waals surface area contributed by atoms with Gasteiger partial charge in [0.15, 0.2) is 0 Å². The van der Waals surface area contributed by atoms with E-state index < -0.39 is 0 Å². The minimum absolute atomic E-state index is 0.114. The van der Waals surface area contributed by atoms with Crippen molar-refractivity contribution in [3.63, 3.8) is 0 Å². The highest BCUT2D eigenvalue weighted by molar-refractivity contribution is 7.10. The fourth-order valence-corrected chi connectivity index (χ4v) is 3.32. The van der Waals surface area contributed by atoms with Crippen LogP contribution in [-0.4, -0.2) is 19.0 Å². The monoisotopic (exact) mass is 266 g/mol. The summed E-state index contributed by atoms with van der Waals surface area (Å²) in [6.07, 6.45) is 3.00. The van der Waals surface area contributed by atoms with E-state index in [1.54, 1.807) is 11.3 Å². The summed E-state index contributed by atoms with van der Waals surface area (Å²) in [4.78, 5) is 13.7. The Balaban J connectivity index is 2.01. The Labute approximate surface area is 113 Å². The first kappa shape index (κ1) is 13.6. The normalized spacial score (nSPS) is 25.7. The highest BCUT2D eigenvalue weighted by Gasteiger charge is 2.38. The fraction of sp³-hybridized carbons (Fsp3) is 0.643. The van der Waals surface area contributed by atoms with Gasteiger partial charge in [0.25, 0.3) is 0 Å². The van der Waals surface area contributed by atoms with Crippen LogP contribution >= 0.6 is 11.3 Å². The molecule has 1 amide bonds. The zero-order valence-corrected chi connectivity index (χ0v) is 12.0. The second kappa shape index (κ2) is 5.85. The molecule has 1 fully saturated rings. The maximum atomic E-state index is 12.5. The van der Waals surface area contributed by atoms with Crippen molar-refractivity contribution >= 4 is 17.2 Å². The summed E-state index contributed by atoms with van der Waals surface area (Å²) in [6, 6.07) is 4.22. The molecular formula is C14H22N2OS. The van der Waals surface area contributed by atoms with E-state index in [-0.39, 0.29) is 17.4 Å². The molecule has 0 aromatic carbocycles. The molecule has 18 heavy (non-hydrogen) atoms. The lowest BCUT2D eigenvalue weighted by Crippen LogP contribution is -2.50. The number of rotatable bonds is 4. The van der Waals surface area contributed by atoms with E-state index in [9.17, 15) is 4.79 Å². The molecule has 0 aliphatic carbocycles. The van der Waals surface area contributed by atoms with Crippen LogP contribution in [0.4, 0.5) is 0 Å². The summed E-state index contributed by atoms with van der Waals surface area (Å²) in [5, 5.41) is 8.58. The van der Waals surface area contributed by atoms with E-state index in [0.29, 0.717) is 0 Å². The second-order valence-electron chi connectivity index (χ2n) is 5.12. The molecule has 1 aliphatic heterocycles. The molecule has 1 saturated heterocycles. The molecule has 1 aromatic rings. The van der Waals surface area contributed by atoms with Crippen LogP contribution in [0.3, 0.4) is 0 Å².